The van der Waals surface area contributed by atoms with Gasteiger partial charge in [0.2, 0.25) is 0 Å². The average molecular weight is 687 g/mol. The van der Waals surface area contributed by atoms with Gasteiger partial charge in [0, 0.05) is 13.0 Å². The third-order valence-corrected chi connectivity index (χ3v) is 11.1. The molecular weight excluding hydrogens is 645 g/mol. The molecule has 48 heavy (non-hydrogen) atoms. The number of rotatable bonds is 14. The van der Waals surface area contributed by atoms with E-state index in [-0.39, 0.29) is 19.8 Å². The van der Waals surface area contributed by atoms with Gasteiger partial charge in [-0.3, -0.25) is 4.21 Å². The van der Waals surface area contributed by atoms with Crippen LogP contribution in [0.3, 0.4) is 0 Å². The molecule has 5 rings (SSSR count). The summed E-state index contributed by atoms with van der Waals surface area (Å²) < 4.78 is 45.7. The lowest BCUT2D eigenvalue weighted by atomic mass is 9.98. The predicted molar refractivity (Wildman–Crippen MR) is 186 cm³/mol. The molecule has 0 radical (unpaired) electrons. The number of ether oxygens (including phenoxy) is 5. The Kier molecular flexibility index (Phi) is 12.5. The third-order valence-electron chi connectivity index (χ3n) is 7.83. The van der Waals surface area contributed by atoms with Crippen molar-refractivity contribution in [2.75, 3.05) is 6.61 Å². The summed E-state index contributed by atoms with van der Waals surface area (Å²) in [5.74, 6) is -1.30. The van der Waals surface area contributed by atoms with Crippen LogP contribution in [0.4, 0.5) is 0 Å². The SMILES string of the molecule is C[Si](C)(C)CCOC(=O)[C@H]1O[C@@H](S(=O)c2ccccc2)[C@H](OC(=O)c2ccccc2)[C@@H](OCc2ccccc2)[C@H]1OCc1ccccc1. The number of esters is 2. The fraction of sp³-hybridized carbons (Fsp3) is 0.316. The normalized spacial score (nSPS) is 21.6. The summed E-state index contributed by atoms with van der Waals surface area (Å²) in [6.45, 7) is 7.03. The molecule has 1 heterocycles. The molecule has 6 atom stereocenters. The zero-order valence-corrected chi connectivity index (χ0v) is 29.3. The summed E-state index contributed by atoms with van der Waals surface area (Å²) in [7, 11) is -3.42. The molecule has 1 unspecified atom stereocenters. The molecule has 0 aromatic heterocycles. The standard InChI is InChI=1S/C38H42O8SSi/c1-48(2,3)25-24-42-37(40)34-32(43-26-28-16-8-4-9-17-28)33(44-27-29-18-10-5-11-19-29)35(45-36(39)30-20-12-6-13-21-30)38(46-34)47(41)31-22-14-7-15-23-31/h4-23,32-35,38H,24-27H2,1-3H3/t32-,33+,34+,35-,38+,47?/m1/s1. The van der Waals surface area contributed by atoms with Gasteiger partial charge < -0.3 is 23.7 Å². The minimum Gasteiger partial charge on any atom is -0.464 e. The van der Waals surface area contributed by atoms with Crippen molar-refractivity contribution in [2.24, 2.45) is 0 Å². The minimum absolute atomic E-state index is 0.109. The number of hydrogen-bond acceptors (Lipinski definition) is 8. The molecule has 4 aromatic rings. The van der Waals surface area contributed by atoms with Gasteiger partial charge in [-0.25, -0.2) is 9.59 Å². The van der Waals surface area contributed by atoms with Crippen molar-refractivity contribution in [2.45, 2.75) is 73.6 Å². The maximum atomic E-state index is 14.3. The number of benzene rings is 4. The van der Waals surface area contributed by atoms with Crippen LogP contribution in [0.1, 0.15) is 21.5 Å². The van der Waals surface area contributed by atoms with Gasteiger partial charge >= 0.3 is 11.9 Å². The van der Waals surface area contributed by atoms with Crippen molar-refractivity contribution in [1.82, 2.24) is 0 Å². The average Bonchev–Trinajstić information content (AvgIpc) is 3.10. The van der Waals surface area contributed by atoms with E-state index in [0.29, 0.717) is 10.5 Å². The highest BCUT2D eigenvalue weighted by atomic mass is 32.2. The zero-order chi connectivity index (χ0) is 33.9. The first-order chi connectivity index (χ1) is 23.2. The predicted octanol–water partition coefficient (Wildman–Crippen LogP) is 6.80. The van der Waals surface area contributed by atoms with E-state index in [1.54, 1.807) is 54.6 Å². The molecule has 0 aliphatic carbocycles. The maximum Gasteiger partial charge on any atom is 0.338 e. The quantitative estimate of drug-likeness (QED) is 0.106. The Morgan fingerprint density at radius 3 is 1.73 bits per heavy atom. The van der Waals surface area contributed by atoms with Crippen LogP contribution in [0.2, 0.25) is 25.7 Å². The molecule has 0 bridgehead atoms. The second-order valence-corrected chi connectivity index (χ2v) is 19.9. The highest BCUT2D eigenvalue weighted by Crippen LogP contribution is 2.34. The van der Waals surface area contributed by atoms with Crippen LogP contribution in [0.25, 0.3) is 0 Å². The van der Waals surface area contributed by atoms with E-state index in [4.69, 9.17) is 23.7 Å². The molecule has 0 saturated carbocycles. The van der Waals surface area contributed by atoms with E-state index in [1.165, 1.54) is 0 Å². The highest BCUT2D eigenvalue weighted by molar-refractivity contribution is 7.85. The molecule has 1 fully saturated rings. The van der Waals surface area contributed by atoms with Gasteiger partial charge in [-0.15, -0.1) is 0 Å². The number of hydrogen-bond donors (Lipinski definition) is 0. The fourth-order valence-corrected chi connectivity index (χ4v) is 7.28. The van der Waals surface area contributed by atoms with Crippen LogP contribution in [-0.2, 0) is 52.5 Å². The summed E-state index contributed by atoms with van der Waals surface area (Å²) in [6.07, 6.45) is -4.69. The Morgan fingerprint density at radius 2 is 1.19 bits per heavy atom. The van der Waals surface area contributed by atoms with Crippen LogP contribution in [-0.4, -0.2) is 60.7 Å². The lowest BCUT2D eigenvalue weighted by Gasteiger charge is -2.44. The van der Waals surface area contributed by atoms with Crippen molar-refractivity contribution in [3.8, 4) is 0 Å². The van der Waals surface area contributed by atoms with Crippen LogP contribution >= 0.6 is 0 Å². The summed E-state index contributed by atoms with van der Waals surface area (Å²) >= 11 is 0. The lowest BCUT2D eigenvalue weighted by molar-refractivity contribution is -0.239. The van der Waals surface area contributed by atoms with Gasteiger partial charge in [0.25, 0.3) is 0 Å². The second kappa shape index (κ2) is 16.9. The van der Waals surface area contributed by atoms with Gasteiger partial charge in [-0.1, -0.05) is 117 Å². The molecule has 8 nitrogen and oxygen atoms in total. The molecule has 0 spiro atoms. The van der Waals surface area contributed by atoms with E-state index < -0.39 is 60.7 Å². The first-order valence-corrected chi connectivity index (χ1v) is 21.0. The van der Waals surface area contributed by atoms with Crippen molar-refractivity contribution >= 4 is 30.8 Å². The monoisotopic (exact) mass is 686 g/mol. The van der Waals surface area contributed by atoms with Crippen LogP contribution in [0, 0.1) is 0 Å². The van der Waals surface area contributed by atoms with Crippen molar-refractivity contribution in [3.63, 3.8) is 0 Å². The molecule has 1 saturated heterocycles. The van der Waals surface area contributed by atoms with E-state index >= 15 is 0 Å². The molecule has 0 N–H and O–H groups in total. The molecule has 0 amide bonds. The van der Waals surface area contributed by atoms with E-state index in [2.05, 4.69) is 19.6 Å². The summed E-state index contributed by atoms with van der Waals surface area (Å²) in [4.78, 5) is 28.0. The fourth-order valence-electron chi connectivity index (χ4n) is 5.20. The van der Waals surface area contributed by atoms with E-state index in [1.807, 2.05) is 66.7 Å². The van der Waals surface area contributed by atoms with Crippen molar-refractivity contribution in [3.05, 3.63) is 138 Å². The molecule has 10 heteroatoms. The second-order valence-electron chi connectivity index (χ2n) is 12.8. The zero-order valence-electron chi connectivity index (χ0n) is 27.4. The Balaban J connectivity index is 1.56. The third kappa shape index (κ3) is 9.80. The summed E-state index contributed by atoms with van der Waals surface area (Å²) in [5.41, 5.74) is 0.733. The molecule has 252 valence electrons. The first-order valence-electron chi connectivity index (χ1n) is 16.0. The largest absolute Gasteiger partial charge is 0.464 e. The van der Waals surface area contributed by atoms with Crippen LogP contribution in [0.15, 0.2) is 126 Å². The van der Waals surface area contributed by atoms with Gasteiger partial charge in [-0.05, 0) is 41.4 Å². The van der Waals surface area contributed by atoms with Crippen LogP contribution in [0.5, 0.6) is 0 Å². The molecule has 1 aliphatic heterocycles. The molecular formula is C38H42O8SSi. The molecule has 4 aromatic carbocycles. The minimum atomic E-state index is -1.89. The Hall–Kier alpha value is -3.93. The highest BCUT2D eigenvalue weighted by Gasteiger charge is 2.55. The van der Waals surface area contributed by atoms with Crippen LogP contribution < -0.4 is 0 Å². The first kappa shape index (κ1) is 35.4. The van der Waals surface area contributed by atoms with Crippen molar-refractivity contribution in [1.29, 1.82) is 0 Å². The number of carbonyl (C=O) groups excluding carboxylic acids is 2. The number of carbonyl (C=O) groups is 2. The van der Waals surface area contributed by atoms with Gasteiger partial charge in [-0.2, -0.15) is 0 Å². The Bertz CT molecular complexity index is 1620. The van der Waals surface area contributed by atoms with Gasteiger partial charge in [0.1, 0.15) is 12.2 Å². The maximum absolute atomic E-state index is 14.3. The van der Waals surface area contributed by atoms with E-state index in [9.17, 15) is 13.8 Å². The summed E-state index contributed by atoms with van der Waals surface area (Å²) in [6, 6.07) is 37.0. The Labute approximate surface area is 285 Å². The van der Waals surface area contributed by atoms with Crippen molar-refractivity contribution < 1.29 is 37.5 Å². The summed E-state index contributed by atoms with van der Waals surface area (Å²) in [5, 5.41) is 0. The van der Waals surface area contributed by atoms with Gasteiger partial charge in [0.15, 0.2) is 17.6 Å². The lowest BCUT2D eigenvalue weighted by Crippen LogP contribution is -2.63. The van der Waals surface area contributed by atoms with E-state index in [0.717, 1.165) is 17.2 Å². The molecule has 1 aliphatic rings. The Morgan fingerprint density at radius 1 is 0.688 bits per heavy atom. The van der Waals surface area contributed by atoms with Gasteiger partial charge in [0.05, 0.1) is 36.2 Å². The topological polar surface area (TPSA) is 97.4 Å². The smallest absolute Gasteiger partial charge is 0.338 e.